The van der Waals surface area contributed by atoms with Crippen molar-refractivity contribution < 1.29 is 18.3 Å². The topological polar surface area (TPSA) is 96.4 Å². The molecule has 0 aliphatic carbocycles. The second-order valence-corrected chi connectivity index (χ2v) is 4.51. The van der Waals surface area contributed by atoms with E-state index in [2.05, 4.69) is 4.98 Å². The van der Waals surface area contributed by atoms with Crippen molar-refractivity contribution in [3.8, 4) is 0 Å². The van der Waals surface area contributed by atoms with Crippen LogP contribution in [-0.4, -0.2) is 30.5 Å². The highest BCUT2D eigenvalue weighted by molar-refractivity contribution is 7.89. The fraction of sp³-hybridized carbons (Fsp3) is 0.250. The quantitative estimate of drug-likeness (QED) is 0.748. The molecule has 1 heterocycles. The third-order valence-corrected chi connectivity index (χ3v) is 3.07. The Balaban J connectivity index is 2.91. The molecule has 82 valence electrons. The number of aromatic nitrogens is 1. The molecule has 0 aliphatic heterocycles. The molecule has 1 aromatic rings. The van der Waals surface area contributed by atoms with Gasteiger partial charge in [0.15, 0.2) is 5.03 Å². The van der Waals surface area contributed by atoms with Gasteiger partial charge >= 0.3 is 5.97 Å². The van der Waals surface area contributed by atoms with Gasteiger partial charge in [0.1, 0.15) is 6.04 Å². The molecule has 0 bridgehead atoms. The highest BCUT2D eigenvalue weighted by Gasteiger charge is 2.21. The van der Waals surface area contributed by atoms with Crippen molar-refractivity contribution in [1.82, 2.24) is 9.71 Å². The summed E-state index contributed by atoms with van der Waals surface area (Å²) in [6, 6.07) is 3.18. The number of hydrogen-bond acceptors (Lipinski definition) is 4. The average Bonchev–Trinajstić information content (AvgIpc) is 2.18. The minimum Gasteiger partial charge on any atom is -0.480 e. The second kappa shape index (κ2) is 4.37. The summed E-state index contributed by atoms with van der Waals surface area (Å²) in [5.41, 5.74) is 0. The number of carbonyl (C=O) groups is 1. The Bertz CT molecular complexity index is 443. The van der Waals surface area contributed by atoms with Gasteiger partial charge in [-0.3, -0.25) is 4.79 Å². The van der Waals surface area contributed by atoms with E-state index in [1.807, 2.05) is 4.72 Å². The Kier molecular flexibility index (Phi) is 3.38. The zero-order valence-electron chi connectivity index (χ0n) is 7.91. The smallest absolute Gasteiger partial charge is 0.321 e. The molecule has 1 rings (SSSR count). The van der Waals surface area contributed by atoms with E-state index in [0.29, 0.717) is 0 Å². The van der Waals surface area contributed by atoms with E-state index >= 15 is 0 Å². The van der Waals surface area contributed by atoms with Crippen LogP contribution in [0.5, 0.6) is 0 Å². The maximum absolute atomic E-state index is 11.5. The lowest BCUT2D eigenvalue weighted by atomic mass is 10.4. The van der Waals surface area contributed by atoms with Crippen LogP contribution in [0.4, 0.5) is 0 Å². The first-order valence-corrected chi connectivity index (χ1v) is 5.58. The number of nitrogens with zero attached hydrogens (tertiary/aromatic N) is 1. The minimum absolute atomic E-state index is 0.196. The molecule has 1 atom stereocenters. The Morgan fingerprint density at radius 3 is 2.67 bits per heavy atom. The number of carboxylic acids is 1. The van der Waals surface area contributed by atoms with Gasteiger partial charge in [0.05, 0.1) is 0 Å². The summed E-state index contributed by atoms with van der Waals surface area (Å²) in [6.07, 6.45) is 1.32. The molecule has 0 saturated heterocycles. The van der Waals surface area contributed by atoms with Crippen molar-refractivity contribution in [2.45, 2.75) is 18.0 Å². The van der Waals surface area contributed by atoms with Crippen molar-refractivity contribution in [3.63, 3.8) is 0 Å². The van der Waals surface area contributed by atoms with Crippen LogP contribution in [0.3, 0.4) is 0 Å². The van der Waals surface area contributed by atoms with Gasteiger partial charge in [0.25, 0.3) is 10.0 Å². The van der Waals surface area contributed by atoms with Crippen molar-refractivity contribution >= 4 is 16.0 Å². The number of rotatable bonds is 4. The lowest BCUT2D eigenvalue weighted by Gasteiger charge is -2.08. The van der Waals surface area contributed by atoms with Gasteiger partial charge in [-0.25, -0.2) is 13.4 Å². The van der Waals surface area contributed by atoms with Crippen LogP contribution >= 0.6 is 0 Å². The van der Waals surface area contributed by atoms with E-state index in [1.165, 1.54) is 25.3 Å². The zero-order valence-corrected chi connectivity index (χ0v) is 8.73. The van der Waals surface area contributed by atoms with Crippen LogP contribution in [0.25, 0.3) is 0 Å². The molecule has 0 amide bonds. The Morgan fingerprint density at radius 2 is 2.20 bits per heavy atom. The molecule has 0 spiro atoms. The van der Waals surface area contributed by atoms with Crippen LogP contribution in [0.2, 0.25) is 0 Å². The monoisotopic (exact) mass is 230 g/mol. The van der Waals surface area contributed by atoms with Crippen molar-refractivity contribution in [2.75, 3.05) is 0 Å². The van der Waals surface area contributed by atoms with E-state index in [-0.39, 0.29) is 5.03 Å². The van der Waals surface area contributed by atoms with Gasteiger partial charge in [-0.1, -0.05) is 6.07 Å². The van der Waals surface area contributed by atoms with E-state index in [1.54, 1.807) is 6.07 Å². The SMILES string of the molecule is CC(NS(=O)(=O)c1ccccn1)C(=O)O. The molecular formula is C8H10N2O4S. The lowest BCUT2D eigenvalue weighted by molar-refractivity contribution is -0.138. The van der Waals surface area contributed by atoms with Crippen molar-refractivity contribution in [2.24, 2.45) is 0 Å². The molecule has 0 aromatic carbocycles. The van der Waals surface area contributed by atoms with E-state index in [9.17, 15) is 13.2 Å². The summed E-state index contributed by atoms with van der Waals surface area (Å²) >= 11 is 0. The lowest BCUT2D eigenvalue weighted by Crippen LogP contribution is -2.38. The summed E-state index contributed by atoms with van der Waals surface area (Å²) < 4.78 is 25.0. The van der Waals surface area contributed by atoms with Crippen LogP contribution in [0.15, 0.2) is 29.4 Å². The highest BCUT2D eigenvalue weighted by atomic mass is 32.2. The first-order valence-electron chi connectivity index (χ1n) is 4.09. The van der Waals surface area contributed by atoms with E-state index < -0.39 is 22.0 Å². The third-order valence-electron chi connectivity index (χ3n) is 1.62. The fourth-order valence-corrected chi connectivity index (χ4v) is 1.99. The molecular weight excluding hydrogens is 220 g/mol. The van der Waals surface area contributed by atoms with Crippen LogP contribution in [-0.2, 0) is 14.8 Å². The molecule has 2 N–H and O–H groups in total. The van der Waals surface area contributed by atoms with Crippen LogP contribution < -0.4 is 4.72 Å². The van der Waals surface area contributed by atoms with Crippen LogP contribution in [0, 0.1) is 0 Å². The molecule has 0 aliphatic rings. The third kappa shape index (κ3) is 3.00. The van der Waals surface area contributed by atoms with Gasteiger partial charge in [-0.05, 0) is 19.1 Å². The maximum Gasteiger partial charge on any atom is 0.321 e. The molecule has 0 saturated carbocycles. The molecule has 1 unspecified atom stereocenters. The summed E-state index contributed by atoms with van der Waals surface area (Å²) in [6.45, 7) is 1.24. The summed E-state index contributed by atoms with van der Waals surface area (Å²) in [5.74, 6) is -1.24. The van der Waals surface area contributed by atoms with Gasteiger partial charge in [-0.2, -0.15) is 4.72 Å². The van der Waals surface area contributed by atoms with Crippen molar-refractivity contribution in [3.05, 3.63) is 24.4 Å². The maximum atomic E-state index is 11.5. The number of hydrogen-bond donors (Lipinski definition) is 2. The highest BCUT2D eigenvalue weighted by Crippen LogP contribution is 2.03. The molecule has 15 heavy (non-hydrogen) atoms. The molecule has 0 fully saturated rings. The first kappa shape index (κ1) is 11.6. The van der Waals surface area contributed by atoms with Gasteiger partial charge < -0.3 is 5.11 Å². The number of pyridine rings is 1. The fourth-order valence-electron chi connectivity index (χ4n) is 0.850. The predicted molar refractivity (Wildman–Crippen MR) is 51.7 cm³/mol. The Hall–Kier alpha value is -1.47. The van der Waals surface area contributed by atoms with Gasteiger partial charge in [0, 0.05) is 6.20 Å². The van der Waals surface area contributed by atoms with Gasteiger partial charge in [0.2, 0.25) is 0 Å². The molecule has 0 radical (unpaired) electrons. The predicted octanol–water partition coefficient (Wildman–Crippen LogP) is -0.167. The second-order valence-electron chi connectivity index (χ2n) is 2.85. The Labute approximate surface area is 87.0 Å². The summed E-state index contributed by atoms with van der Waals surface area (Å²) in [5, 5.41) is 8.35. The number of carboxylic acid groups (broad SMARTS) is 1. The molecule has 6 nitrogen and oxygen atoms in total. The average molecular weight is 230 g/mol. The normalized spacial score (nSPS) is 13.4. The largest absolute Gasteiger partial charge is 0.480 e. The molecule has 7 heteroatoms. The van der Waals surface area contributed by atoms with Crippen LogP contribution in [0.1, 0.15) is 6.92 Å². The molecule has 1 aromatic heterocycles. The van der Waals surface area contributed by atoms with Gasteiger partial charge in [-0.15, -0.1) is 0 Å². The number of nitrogens with one attached hydrogen (secondary N) is 1. The summed E-state index contributed by atoms with van der Waals surface area (Å²) in [7, 11) is -3.85. The van der Waals surface area contributed by atoms with Crippen molar-refractivity contribution in [1.29, 1.82) is 0 Å². The zero-order chi connectivity index (χ0) is 11.5. The van der Waals surface area contributed by atoms with E-state index in [0.717, 1.165) is 0 Å². The number of aliphatic carboxylic acids is 1. The minimum atomic E-state index is -3.85. The number of sulfonamides is 1. The first-order chi connectivity index (χ1) is 6.93. The van der Waals surface area contributed by atoms with E-state index in [4.69, 9.17) is 5.11 Å². The summed E-state index contributed by atoms with van der Waals surface area (Å²) in [4.78, 5) is 14.1. The standard InChI is InChI=1S/C8H10N2O4S/c1-6(8(11)12)10-15(13,14)7-4-2-3-5-9-7/h2-6,10H,1H3,(H,11,12). The Morgan fingerprint density at radius 1 is 1.53 bits per heavy atom.